The van der Waals surface area contributed by atoms with Crippen molar-refractivity contribution in [2.75, 3.05) is 0 Å². The van der Waals surface area contributed by atoms with E-state index in [0.717, 1.165) is 91.1 Å². The number of hydrogen-bond acceptors (Lipinski definition) is 4. The second-order valence-electron chi connectivity index (χ2n) is 17.3. The molecule has 1 spiro atoms. The lowest BCUT2D eigenvalue weighted by Crippen LogP contribution is -2.37. The van der Waals surface area contributed by atoms with E-state index >= 15 is 0 Å². The van der Waals surface area contributed by atoms with Crippen molar-refractivity contribution >= 4 is 55.2 Å². The number of fused-ring (bicyclic) bond motifs is 14. The van der Waals surface area contributed by atoms with E-state index in [1.807, 2.05) is 0 Å². The van der Waals surface area contributed by atoms with Crippen molar-refractivity contribution in [2.45, 2.75) is 24.4 Å². The first kappa shape index (κ1) is 35.4. The van der Waals surface area contributed by atoms with Crippen LogP contribution in [-0.4, -0.2) is 10.3 Å². The lowest BCUT2D eigenvalue weighted by atomic mass is 9.61. The van der Waals surface area contributed by atoms with Gasteiger partial charge in [-0.15, -0.1) is 0 Å². The summed E-state index contributed by atoms with van der Waals surface area (Å²) in [6, 6.07) is 63.6. The molecule has 302 valence electrons. The second kappa shape index (κ2) is 13.4. The number of aliphatic imine (C=N–C) groups is 1. The van der Waals surface area contributed by atoms with Gasteiger partial charge in [-0.1, -0.05) is 146 Å². The van der Waals surface area contributed by atoms with Crippen molar-refractivity contribution in [2.24, 2.45) is 4.99 Å². The average molecular weight is 822 g/mol. The summed E-state index contributed by atoms with van der Waals surface area (Å²) in [5, 5.41) is 8.49. The van der Waals surface area contributed by atoms with Gasteiger partial charge in [-0.25, -0.2) is 0 Å². The van der Waals surface area contributed by atoms with E-state index in [4.69, 9.17) is 14.1 Å². The Morgan fingerprint density at radius 2 is 1.34 bits per heavy atom. The number of aromatic nitrogens is 1. The van der Waals surface area contributed by atoms with Crippen LogP contribution in [0.3, 0.4) is 0 Å². The van der Waals surface area contributed by atoms with Gasteiger partial charge in [0.2, 0.25) is 0 Å². The molecule has 0 amide bonds. The highest BCUT2D eigenvalue weighted by Crippen LogP contribution is 2.60. The quantitative estimate of drug-likeness (QED) is 0.192. The molecular formula is C59H39N3O2. The fourth-order valence-corrected chi connectivity index (χ4v) is 11.2. The van der Waals surface area contributed by atoms with Gasteiger partial charge in [0.1, 0.15) is 28.8 Å². The van der Waals surface area contributed by atoms with E-state index in [1.165, 1.54) is 44.2 Å². The molecule has 5 heteroatoms. The Labute approximate surface area is 369 Å². The molecule has 3 aliphatic heterocycles. The van der Waals surface area contributed by atoms with Crippen LogP contribution in [0.15, 0.2) is 215 Å². The third kappa shape index (κ3) is 4.92. The van der Waals surface area contributed by atoms with Crippen LogP contribution in [0.1, 0.15) is 52.4 Å². The third-order valence-corrected chi connectivity index (χ3v) is 14.0. The topological polar surface area (TPSA) is 51.7 Å². The van der Waals surface area contributed by atoms with Crippen molar-refractivity contribution in [3.05, 3.63) is 239 Å². The highest BCUT2D eigenvalue weighted by Gasteiger charge is 2.50. The molecule has 0 fully saturated rings. The molecule has 1 atom stereocenters. The molecule has 14 rings (SSSR count). The Kier molecular flexibility index (Phi) is 7.43. The molecule has 0 radical (unpaired) electrons. The number of ether oxygens (including phenoxy) is 1. The van der Waals surface area contributed by atoms with Crippen molar-refractivity contribution < 1.29 is 9.15 Å². The maximum absolute atomic E-state index is 6.75. The van der Waals surface area contributed by atoms with Gasteiger partial charge in [0.25, 0.3) is 0 Å². The van der Waals surface area contributed by atoms with Gasteiger partial charge < -0.3 is 19.0 Å². The first-order valence-corrected chi connectivity index (χ1v) is 22.2. The summed E-state index contributed by atoms with van der Waals surface area (Å²) in [6.07, 6.45) is 10.6. The number of nitrogens with one attached hydrogen (secondary N) is 1. The number of furan rings is 1. The van der Waals surface area contributed by atoms with E-state index in [1.54, 1.807) is 0 Å². The zero-order valence-electron chi connectivity index (χ0n) is 34.8. The van der Waals surface area contributed by atoms with Gasteiger partial charge in [-0.2, -0.15) is 0 Å². The van der Waals surface area contributed by atoms with Gasteiger partial charge in [0.15, 0.2) is 0 Å². The van der Waals surface area contributed by atoms with Gasteiger partial charge in [-0.05, 0) is 101 Å². The van der Waals surface area contributed by atoms with Crippen LogP contribution in [0.5, 0.6) is 11.5 Å². The molecule has 1 N–H and O–H groups in total. The Morgan fingerprint density at radius 3 is 2.19 bits per heavy atom. The zero-order chi connectivity index (χ0) is 41.9. The normalized spacial score (nSPS) is 16.8. The smallest absolute Gasteiger partial charge is 0.145 e. The molecular weight excluding hydrogens is 783 g/mol. The number of benzene rings is 8. The van der Waals surface area contributed by atoms with E-state index < -0.39 is 5.41 Å². The average Bonchev–Trinajstić information content (AvgIpc) is 3.92. The Morgan fingerprint density at radius 1 is 0.609 bits per heavy atom. The fraction of sp³-hybridized carbons (Fsp3) is 0.0678. The highest BCUT2D eigenvalue weighted by atomic mass is 16.5. The maximum Gasteiger partial charge on any atom is 0.145 e. The Hall–Kier alpha value is -8.15. The molecule has 1 unspecified atom stereocenters. The lowest BCUT2D eigenvalue weighted by molar-refractivity contribution is 0.434. The van der Waals surface area contributed by atoms with Crippen molar-refractivity contribution in [3.8, 4) is 28.3 Å². The molecule has 0 bridgehead atoms. The summed E-state index contributed by atoms with van der Waals surface area (Å²) in [7, 11) is 0. The monoisotopic (exact) mass is 821 g/mol. The first-order valence-electron chi connectivity index (χ1n) is 22.2. The molecule has 0 saturated heterocycles. The molecule has 5 nitrogen and oxygen atoms in total. The summed E-state index contributed by atoms with van der Waals surface area (Å²) >= 11 is 0. The molecule has 64 heavy (non-hydrogen) atoms. The molecule has 5 heterocycles. The van der Waals surface area contributed by atoms with Crippen LogP contribution >= 0.6 is 0 Å². The minimum Gasteiger partial charge on any atom is -0.457 e. The Balaban J connectivity index is 0.997. The van der Waals surface area contributed by atoms with Gasteiger partial charge >= 0.3 is 0 Å². The van der Waals surface area contributed by atoms with E-state index in [2.05, 4.69) is 210 Å². The number of allylic oxidation sites excluding steroid dienone is 5. The fourth-order valence-electron chi connectivity index (χ4n) is 11.2. The maximum atomic E-state index is 6.75. The minimum absolute atomic E-state index is 0.223. The Bertz CT molecular complexity index is 3700. The summed E-state index contributed by atoms with van der Waals surface area (Å²) < 4.78 is 15.9. The van der Waals surface area contributed by atoms with Crippen LogP contribution in [0.4, 0.5) is 0 Å². The first-order chi connectivity index (χ1) is 31.7. The zero-order valence-corrected chi connectivity index (χ0v) is 34.8. The SMILES string of the molecule is C1=CCCC(C2=NC(c3ccccc3)NC(c3cccc4oc5ccc(-c6ccc7c(c6)C6(c8ccccc8Oc8ccccc86)c6cccc8c9ccccc9n-7c68)cc5c34)=C2)=C1. The molecule has 8 aromatic carbocycles. The van der Waals surface area contributed by atoms with E-state index in [9.17, 15) is 0 Å². The lowest BCUT2D eigenvalue weighted by Gasteiger charge is -2.45. The molecule has 4 aliphatic rings. The molecule has 2 aromatic heterocycles. The predicted molar refractivity (Wildman–Crippen MR) is 260 cm³/mol. The van der Waals surface area contributed by atoms with Crippen LogP contribution in [0.2, 0.25) is 0 Å². The third-order valence-electron chi connectivity index (χ3n) is 14.0. The largest absolute Gasteiger partial charge is 0.457 e. The number of para-hydroxylation sites is 4. The van der Waals surface area contributed by atoms with Crippen molar-refractivity contribution in [3.63, 3.8) is 0 Å². The van der Waals surface area contributed by atoms with Crippen LogP contribution in [-0.2, 0) is 5.41 Å². The summed E-state index contributed by atoms with van der Waals surface area (Å²) in [6.45, 7) is 0. The van der Waals surface area contributed by atoms with Crippen LogP contribution in [0.25, 0.3) is 66.3 Å². The van der Waals surface area contributed by atoms with E-state index in [0.29, 0.717) is 0 Å². The van der Waals surface area contributed by atoms with Gasteiger partial charge in [0.05, 0.1) is 27.8 Å². The number of hydrogen-bond donors (Lipinski definition) is 1. The predicted octanol–water partition coefficient (Wildman–Crippen LogP) is 14.5. The highest BCUT2D eigenvalue weighted by molar-refractivity contribution is 6.17. The standard InChI is InChI=1S/C59H39N3O2/c1-3-15-36(16-4-1)48-35-49(61-58(60-48)37-17-5-2-6-18-37)42-21-14-28-55-56(42)43-33-38(30-32-52(43)63-55)39-29-31-51-47(34-39)59(44-22-8-11-26-53(44)64-54-27-12-9-23-45(54)59)46-24-13-20-41-40-19-7-10-25-50(40)62(51)57(41)46/h1-3,5-15,17-35,58,61H,4,16H2. The second-order valence-corrected chi connectivity index (χ2v) is 17.3. The number of rotatable bonds is 4. The molecule has 1 aliphatic carbocycles. The summed E-state index contributed by atoms with van der Waals surface area (Å²) in [5.74, 6) is 1.75. The summed E-state index contributed by atoms with van der Waals surface area (Å²) in [4.78, 5) is 5.27. The molecule has 10 aromatic rings. The van der Waals surface area contributed by atoms with Gasteiger partial charge in [-0.3, -0.25) is 4.99 Å². The minimum atomic E-state index is -0.655. The van der Waals surface area contributed by atoms with Crippen molar-refractivity contribution in [1.29, 1.82) is 0 Å². The summed E-state index contributed by atoms with van der Waals surface area (Å²) in [5.41, 5.74) is 17.2. The number of nitrogens with zero attached hydrogens (tertiary/aromatic N) is 2. The van der Waals surface area contributed by atoms with Crippen LogP contribution in [0, 0.1) is 0 Å². The van der Waals surface area contributed by atoms with Crippen LogP contribution < -0.4 is 10.1 Å². The molecule has 0 saturated carbocycles. The van der Waals surface area contributed by atoms with Gasteiger partial charge in [0, 0.05) is 43.9 Å². The van der Waals surface area contributed by atoms with Crippen molar-refractivity contribution in [1.82, 2.24) is 9.88 Å². The van der Waals surface area contributed by atoms with E-state index in [-0.39, 0.29) is 6.17 Å².